The van der Waals surface area contributed by atoms with Crippen molar-refractivity contribution in [2.45, 2.75) is 25.8 Å². The van der Waals surface area contributed by atoms with E-state index < -0.39 is 5.72 Å². The highest BCUT2D eigenvalue weighted by Gasteiger charge is 2.21. The van der Waals surface area contributed by atoms with Crippen LogP contribution in [0.4, 0.5) is 0 Å². The summed E-state index contributed by atoms with van der Waals surface area (Å²) >= 11 is 0. The summed E-state index contributed by atoms with van der Waals surface area (Å²) < 4.78 is 10.4. The van der Waals surface area contributed by atoms with Crippen LogP contribution >= 0.6 is 0 Å². The second-order valence-electron chi connectivity index (χ2n) is 3.14. The van der Waals surface area contributed by atoms with Crippen molar-refractivity contribution in [3.05, 3.63) is 0 Å². The molecule has 4 nitrogen and oxygen atoms in total. The number of nitrogens with one attached hydrogen (secondary N) is 1. The van der Waals surface area contributed by atoms with Gasteiger partial charge in [0, 0.05) is 0 Å². The van der Waals surface area contributed by atoms with Crippen molar-refractivity contribution in [2.75, 3.05) is 19.8 Å². The van der Waals surface area contributed by atoms with Crippen LogP contribution in [0.2, 0.25) is 0 Å². The summed E-state index contributed by atoms with van der Waals surface area (Å²) in [4.78, 5) is 0. The summed E-state index contributed by atoms with van der Waals surface area (Å²) in [5.74, 6) is 0. The van der Waals surface area contributed by atoms with Gasteiger partial charge in [-0.1, -0.05) is 0 Å². The maximum atomic E-state index is 9.32. The molecule has 0 radical (unpaired) electrons. The third-order valence-electron chi connectivity index (χ3n) is 1.33. The second-order valence-corrected chi connectivity index (χ2v) is 3.14. The summed E-state index contributed by atoms with van der Waals surface area (Å²) in [7, 11) is 0. The van der Waals surface area contributed by atoms with E-state index in [0.29, 0.717) is 19.8 Å². The number of hydrogen-bond acceptors (Lipinski definition) is 4. The number of rotatable bonds is 2. The van der Waals surface area contributed by atoms with Gasteiger partial charge in [-0.15, -0.1) is 0 Å². The maximum Gasteiger partial charge on any atom is 0.133 e. The Morgan fingerprint density at radius 2 is 2.18 bits per heavy atom. The molecule has 1 rings (SSSR count). The average Bonchev–Trinajstić information content (AvgIpc) is 1.85. The Hall–Kier alpha value is -0.160. The Kier molecular flexibility index (Phi) is 2.84. The first-order chi connectivity index (χ1) is 5.08. The van der Waals surface area contributed by atoms with E-state index in [4.69, 9.17) is 9.47 Å². The van der Waals surface area contributed by atoms with E-state index in [1.807, 2.05) is 0 Å². The van der Waals surface area contributed by atoms with Crippen LogP contribution in [0.5, 0.6) is 0 Å². The maximum absolute atomic E-state index is 9.32. The molecule has 4 heteroatoms. The number of aliphatic hydroxyl groups is 1. The predicted molar refractivity (Wildman–Crippen MR) is 40.0 cm³/mol. The van der Waals surface area contributed by atoms with E-state index in [0.717, 1.165) is 0 Å². The molecule has 2 N–H and O–H groups in total. The van der Waals surface area contributed by atoms with Gasteiger partial charge in [0.2, 0.25) is 0 Å². The molecule has 66 valence electrons. The van der Waals surface area contributed by atoms with Gasteiger partial charge in [-0.3, -0.25) is 5.32 Å². The van der Waals surface area contributed by atoms with E-state index in [1.54, 1.807) is 13.8 Å². The monoisotopic (exact) mass is 161 g/mol. The summed E-state index contributed by atoms with van der Waals surface area (Å²) in [6.45, 7) is 5.08. The summed E-state index contributed by atoms with van der Waals surface area (Å²) in [6.07, 6.45) is -0.177. The fraction of sp³-hybridized carbons (Fsp3) is 1.00. The first-order valence-electron chi connectivity index (χ1n) is 3.77. The quantitative estimate of drug-likeness (QED) is 0.545. The fourth-order valence-corrected chi connectivity index (χ4v) is 0.965. The third kappa shape index (κ3) is 3.67. The molecule has 1 unspecified atom stereocenters. The smallest absolute Gasteiger partial charge is 0.133 e. The Morgan fingerprint density at radius 3 is 2.64 bits per heavy atom. The normalized spacial score (nSPS) is 27.0. The largest absolute Gasteiger partial charge is 0.376 e. The van der Waals surface area contributed by atoms with Gasteiger partial charge >= 0.3 is 0 Å². The Balaban J connectivity index is 2.24. The van der Waals surface area contributed by atoms with Crippen LogP contribution in [0.3, 0.4) is 0 Å². The molecule has 11 heavy (non-hydrogen) atoms. The lowest BCUT2D eigenvalue weighted by Crippen LogP contribution is -2.51. The van der Waals surface area contributed by atoms with Gasteiger partial charge in [-0.25, -0.2) is 0 Å². The lowest BCUT2D eigenvalue weighted by atomic mass is 10.3. The second kappa shape index (κ2) is 3.49. The van der Waals surface area contributed by atoms with Crippen LogP contribution in [-0.4, -0.2) is 36.9 Å². The van der Waals surface area contributed by atoms with Crippen molar-refractivity contribution in [1.29, 1.82) is 0 Å². The van der Waals surface area contributed by atoms with E-state index in [9.17, 15) is 5.11 Å². The van der Waals surface area contributed by atoms with Gasteiger partial charge in [0.1, 0.15) is 12.0 Å². The van der Waals surface area contributed by atoms with Crippen molar-refractivity contribution in [1.82, 2.24) is 5.32 Å². The van der Waals surface area contributed by atoms with Crippen LogP contribution in [0.1, 0.15) is 13.8 Å². The molecule has 0 aromatic rings. The molecule has 1 heterocycles. The lowest BCUT2D eigenvalue weighted by molar-refractivity contribution is -0.133. The molecular weight excluding hydrogens is 146 g/mol. The molecule has 0 aromatic carbocycles. The van der Waals surface area contributed by atoms with Crippen LogP contribution < -0.4 is 5.32 Å². The van der Waals surface area contributed by atoms with E-state index in [2.05, 4.69) is 5.32 Å². The SMILES string of the molecule is CC(C)(O)NC1COCCO1. The van der Waals surface area contributed by atoms with E-state index in [-0.39, 0.29) is 6.23 Å². The minimum Gasteiger partial charge on any atom is -0.376 e. The highest BCUT2D eigenvalue weighted by Crippen LogP contribution is 2.02. The molecular formula is C7H15NO3. The topological polar surface area (TPSA) is 50.7 Å². The van der Waals surface area contributed by atoms with Crippen molar-refractivity contribution in [3.8, 4) is 0 Å². The summed E-state index contributed by atoms with van der Waals surface area (Å²) in [5.41, 5.74) is -0.897. The first kappa shape index (κ1) is 8.93. The molecule has 1 aliphatic heterocycles. The average molecular weight is 161 g/mol. The number of ether oxygens (including phenoxy) is 2. The minimum absolute atomic E-state index is 0.177. The van der Waals surface area contributed by atoms with Crippen LogP contribution in [0.25, 0.3) is 0 Å². The van der Waals surface area contributed by atoms with Gasteiger partial charge in [0.05, 0.1) is 19.8 Å². The first-order valence-corrected chi connectivity index (χ1v) is 3.77. The predicted octanol–water partition coefficient (Wildman–Crippen LogP) is -0.323. The van der Waals surface area contributed by atoms with Gasteiger partial charge in [0.25, 0.3) is 0 Å². The molecule has 0 spiro atoms. The molecule has 1 aliphatic rings. The summed E-state index contributed by atoms with van der Waals surface area (Å²) in [6, 6.07) is 0. The zero-order chi connectivity index (χ0) is 8.32. The third-order valence-corrected chi connectivity index (χ3v) is 1.33. The Bertz CT molecular complexity index is 115. The molecule has 0 saturated carbocycles. The zero-order valence-corrected chi connectivity index (χ0v) is 6.96. The molecule has 0 aliphatic carbocycles. The number of hydrogen-bond donors (Lipinski definition) is 2. The van der Waals surface area contributed by atoms with Gasteiger partial charge in [-0.05, 0) is 13.8 Å². The molecule has 1 atom stereocenters. The highest BCUT2D eigenvalue weighted by atomic mass is 16.6. The molecule has 1 fully saturated rings. The van der Waals surface area contributed by atoms with E-state index in [1.165, 1.54) is 0 Å². The zero-order valence-electron chi connectivity index (χ0n) is 6.96. The standard InChI is InChI=1S/C7H15NO3/c1-7(2,9)8-6-5-10-3-4-11-6/h6,8-9H,3-5H2,1-2H3. The van der Waals surface area contributed by atoms with Crippen molar-refractivity contribution in [3.63, 3.8) is 0 Å². The van der Waals surface area contributed by atoms with Gasteiger partial charge < -0.3 is 14.6 Å². The molecule has 0 amide bonds. The van der Waals surface area contributed by atoms with E-state index >= 15 is 0 Å². The molecule has 0 bridgehead atoms. The van der Waals surface area contributed by atoms with Crippen molar-refractivity contribution >= 4 is 0 Å². The minimum atomic E-state index is -0.897. The Labute approximate surface area is 66.5 Å². The Morgan fingerprint density at radius 1 is 1.45 bits per heavy atom. The van der Waals surface area contributed by atoms with Crippen LogP contribution in [0.15, 0.2) is 0 Å². The highest BCUT2D eigenvalue weighted by molar-refractivity contribution is 4.67. The molecule has 1 saturated heterocycles. The fourth-order valence-electron chi connectivity index (χ4n) is 0.965. The van der Waals surface area contributed by atoms with Crippen LogP contribution in [-0.2, 0) is 9.47 Å². The van der Waals surface area contributed by atoms with Gasteiger partial charge in [0.15, 0.2) is 0 Å². The van der Waals surface area contributed by atoms with Crippen molar-refractivity contribution < 1.29 is 14.6 Å². The molecule has 0 aromatic heterocycles. The lowest BCUT2D eigenvalue weighted by Gasteiger charge is -2.29. The van der Waals surface area contributed by atoms with Crippen molar-refractivity contribution in [2.24, 2.45) is 0 Å². The van der Waals surface area contributed by atoms with Crippen LogP contribution in [0, 0.1) is 0 Å². The van der Waals surface area contributed by atoms with Gasteiger partial charge in [-0.2, -0.15) is 0 Å². The summed E-state index contributed by atoms with van der Waals surface area (Å²) in [5, 5.41) is 12.2.